The summed E-state index contributed by atoms with van der Waals surface area (Å²) in [7, 11) is 3.48. The van der Waals surface area contributed by atoms with Crippen molar-refractivity contribution in [2.24, 2.45) is 10.9 Å². The van der Waals surface area contributed by atoms with Crippen LogP contribution in [0.5, 0.6) is 0 Å². The van der Waals surface area contributed by atoms with E-state index in [0.29, 0.717) is 31.6 Å². The summed E-state index contributed by atoms with van der Waals surface area (Å²) < 4.78 is 5.08. The largest absolute Gasteiger partial charge is 0.450 e. The van der Waals surface area contributed by atoms with E-state index < -0.39 is 0 Å². The van der Waals surface area contributed by atoms with Crippen LogP contribution in [0.4, 0.5) is 4.79 Å². The van der Waals surface area contributed by atoms with Crippen molar-refractivity contribution in [2.75, 3.05) is 46.9 Å². The summed E-state index contributed by atoms with van der Waals surface area (Å²) in [4.78, 5) is 31.6. The minimum absolute atomic E-state index is 0.0177. The lowest BCUT2D eigenvalue weighted by atomic mass is 9.89. The zero-order chi connectivity index (χ0) is 20.4. The molecule has 1 saturated heterocycles. The van der Waals surface area contributed by atoms with Crippen LogP contribution in [0.2, 0.25) is 0 Å². The molecule has 2 rings (SSSR count). The molecule has 2 fully saturated rings. The third-order valence-corrected chi connectivity index (χ3v) is 5.52. The van der Waals surface area contributed by atoms with E-state index in [2.05, 4.69) is 15.6 Å². The van der Waals surface area contributed by atoms with Gasteiger partial charge in [-0.05, 0) is 38.5 Å². The summed E-state index contributed by atoms with van der Waals surface area (Å²) in [6.45, 7) is 4.59. The molecule has 0 radical (unpaired) electrons. The van der Waals surface area contributed by atoms with Crippen molar-refractivity contribution in [3.05, 3.63) is 0 Å². The number of nitrogens with one attached hydrogen (secondary N) is 2. The average molecular weight is 396 g/mol. The van der Waals surface area contributed by atoms with E-state index in [1.54, 1.807) is 23.9 Å². The molecule has 1 heterocycles. The molecule has 160 valence electrons. The van der Waals surface area contributed by atoms with Gasteiger partial charge in [0.25, 0.3) is 0 Å². The third-order valence-electron chi connectivity index (χ3n) is 5.52. The number of nitrogens with zero attached hydrogens (tertiary/aromatic N) is 3. The highest BCUT2D eigenvalue weighted by Gasteiger charge is 2.24. The van der Waals surface area contributed by atoms with Crippen LogP contribution in [0.25, 0.3) is 0 Å². The Hall–Kier alpha value is -1.99. The van der Waals surface area contributed by atoms with Gasteiger partial charge in [-0.15, -0.1) is 0 Å². The van der Waals surface area contributed by atoms with Crippen LogP contribution in [0.1, 0.15) is 51.9 Å². The summed E-state index contributed by atoms with van der Waals surface area (Å²) in [5, 5.41) is 6.92. The number of guanidine groups is 1. The van der Waals surface area contributed by atoms with E-state index in [9.17, 15) is 9.59 Å². The average Bonchev–Trinajstić information content (AvgIpc) is 2.71. The SMILES string of the molecule is CCOC(=O)N1CCC(NC(=NCC(=O)N(C)C)NCC2CCCCC2)CC1. The minimum atomic E-state index is -0.234. The van der Waals surface area contributed by atoms with Crippen molar-refractivity contribution in [2.45, 2.75) is 57.9 Å². The van der Waals surface area contributed by atoms with Gasteiger partial charge in [0.15, 0.2) is 5.96 Å². The Labute approximate surface area is 169 Å². The van der Waals surface area contributed by atoms with Crippen molar-refractivity contribution in [1.82, 2.24) is 20.4 Å². The summed E-state index contributed by atoms with van der Waals surface area (Å²) in [5.74, 6) is 1.36. The predicted molar refractivity (Wildman–Crippen MR) is 110 cm³/mol. The van der Waals surface area contributed by atoms with Crippen LogP contribution in [-0.2, 0) is 9.53 Å². The van der Waals surface area contributed by atoms with E-state index in [4.69, 9.17) is 4.74 Å². The molecule has 0 aromatic rings. The first-order valence-corrected chi connectivity index (χ1v) is 10.7. The van der Waals surface area contributed by atoms with E-state index in [1.807, 2.05) is 6.92 Å². The van der Waals surface area contributed by atoms with Crippen LogP contribution < -0.4 is 10.6 Å². The molecule has 0 atom stereocenters. The Kier molecular flexibility index (Phi) is 9.37. The molecule has 0 spiro atoms. The van der Waals surface area contributed by atoms with Gasteiger partial charge >= 0.3 is 6.09 Å². The Morgan fingerprint density at radius 2 is 1.79 bits per heavy atom. The van der Waals surface area contributed by atoms with Crippen LogP contribution in [0.15, 0.2) is 4.99 Å². The molecule has 28 heavy (non-hydrogen) atoms. The third kappa shape index (κ3) is 7.56. The van der Waals surface area contributed by atoms with Gasteiger partial charge in [0, 0.05) is 39.8 Å². The van der Waals surface area contributed by atoms with Gasteiger partial charge in [-0.3, -0.25) is 4.79 Å². The number of piperidine rings is 1. The highest BCUT2D eigenvalue weighted by Crippen LogP contribution is 2.22. The molecule has 0 aromatic carbocycles. The van der Waals surface area contributed by atoms with Crippen molar-refractivity contribution in [3.8, 4) is 0 Å². The number of carbonyl (C=O) groups excluding carboxylic acids is 2. The maximum absolute atomic E-state index is 11.9. The lowest BCUT2D eigenvalue weighted by Gasteiger charge is -2.32. The smallest absolute Gasteiger partial charge is 0.409 e. The van der Waals surface area contributed by atoms with E-state index in [-0.39, 0.29) is 24.6 Å². The maximum atomic E-state index is 11.9. The first-order chi connectivity index (χ1) is 13.5. The summed E-state index contributed by atoms with van der Waals surface area (Å²) in [6.07, 6.45) is 7.90. The molecule has 1 aliphatic heterocycles. The fourth-order valence-electron chi connectivity index (χ4n) is 3.69. The second-order valence-electron chi connectivity index (χ2n) is 7.94. The zero-order valence-electron chi connectivity index (χ0n) is 17.7. The molecule has 2 aliphatic rings. The van der Waals surface area contributed by atoms with Crippen molar-refractivity contribution in [1.29, 1.82) is 0 Å². The number of carbonyl (C=O) groups is 2. The molecular formula is C20H37N5O3. The molecular weight excluding hydrogens is 358 g/mol. The van der Waals surface area contributed by atoms with E-state index in [0.717, 1.165) is 19.4 Å². The lowest BCUT2D eigenvalue weighted by molar-refractivity contribution is -0.127. The Bertz CT molecular complexity index is 524. The fraction of sp³-hybridized carbons (Fsp3) is 0.850. The number of rotatable bonds is 6. The van der Waals surface area contributed by atoms with Gasteiger partial charge in [0.05, 0.1) is 6.61 Å². The first kappa shape index (κ1) is 22.3. The monoisotopic (exact) mass is 395 g/mol. The molecule has 8 nitrogen and oxygen atoms in total. The first-order valence-electron chi connectivity index (χ1n) is 10.7. The number of ether oxygens (including phenoxy) is 1. The van der Waals surface area contributed by atoms with Crippen LogP contribution >= 0.6 is 0 Å². The highest BCUT2D eigenvalue weighted by atomic mass is 16.6. The molecule has 8 heteroatoms. The molecule has 0 unspecified atom stereocenters. The molecule has 1 aliphatic carbocycles. The maximum Gasteiger partial charge on any atom is 0.409 e. The summed E-state index contributed by atoms with van der Waals surface area (Å²) >= 11 is 0. The summed E-state index contributed by atoms with van der Waals surface area (Å²) in [5.41, 5.74) is 0. The standard InChI is InChI=1S/C20H37N5O3/c1-4-28-20(27)25-12-10-17(11-13-25)23-19(22-15-18(26)24(2)3)21-14-16-8-6-5-7-9-16/h16-17H,4-15H2,1-3H3,(H2,21,22,23). The summed E-state index contributed by atoms with van der Waals surface area (Å²) in [6, 6.07) is 0.234. The molecule has 2 N–H and O–H groups in total. The van der Waals surface area contributed by atoms with Gasteiger partial charge in [0.1, 0.15) is 6.54 Å². The highest BCUT2D eigenvalue weighted by molar-refractivity contribution is 5.85. The Morgan fingerprint density at radius 1 is 1.11 bits per heavy atom. The van der Waals surface area contributed by atoms with Crippen LogP contribution in [0, 0.1) is 5.92 Å². The van der Waals surface area contributed by atoms with Crippen molar-refractivity contribution >= 4 is 18.0 Å². The molecule has 2 amide bonds. The van der Waals surface area contributed by atoms with E-state index >= 15 is 0 Å². The van der Waals surface area contributed by atoms with Gasteiger partial charge in [-0.1, -0.05) is 19.3 Å². The van der Waals surface area contributed by atoms with Crippen molar-refractivity contribution < 1.29 is 14.3 Å². The number of aliphatic imine (C=N–C) groups is 1. The number of likely N-dealkylation sites (tertiary alicyclic amines) is 1. The topological polar surface area (TPSA) is 86.3 Å². The van der Waals surface area contributed by atoms with Crippen molar-refractivity contribution in [3.63, 3.8) is 0 Å². The second kappa shape index (κ2) is 11.8. The number of hydrogen-bond donors (Lipinski definition) is 2. The van der Waals surface area contributed by atoms with Crippen LogP contribution in [0.3, 0.4) is 0 Å². The van der Waals surface area contributed by atoms with E-state index in [1.165, 1.54) is 32.1 Å². The number of amides is 2. The predicted octanol–water partition coefficient (Wildman–Crippen LogP) is 1.81. The van der Waals surface area contributed by atoms with Gasteiger partial charge in [-0.25, -0.2) is 9.79 Å². The lowest BCUT2D eigenvalue weighted by Crippen LogP contribution is -2.50. The number of likely N-dealkylation sites (N-methyl/N-ethyl adjacent to an activating group) is 1. The van der Waals surface area contributed by atoms with Crippen LogP contribution in [-0.4, -0.2) is 80.7 Å². The fourth-order valence-corrected chi connectivity index (χ4v) is 3.69. The minimum Gasteiger partial charge on any atom is -0.450 e. The second-order valence-corrected chi connectivity index (χ2v) is 7.94. The normalized spacial score (nSPS) is 19.2. The molecule has 0 bridgehead atoms. The zero-order valence-corrected chi connectivity index (χ0v) is 17.7. The van der Waals surface area contributed by atoms with Gasteiger partial charge < -0.3 is 25.2 Å². The Morgan fingerprint density at radius 3 is 2.39 bits per heavy atom. The molecule has 0 aromatic heterocycles. The van der Waals surface area contributed by atoms with Gasteiger partial charge in [-0.2, -0.15) is 0 Å². The number of hydrogen-bond acceptors (Lipinski definition) is 4. The Balaban J connectivity index is 1.86. The van der Waals surface area contributed by atoms with Gasteiger partial charge in [0.2, 0.25) is 5.91 Å². The molecule has 1 saturated carbocycles. The quantitative estimate of drug-likeness (QED) is 0.529.